The lowest BCUT2D eigenvalue weighted by molar-refractivity contribution is -0.138. The zero-order chi connectivity index (χ0) is 16.5. The van der Waals surface area contributed by atoms with E-state index in [2.05, 4.69) is 20.8 Å². The smallest absolute Gasteiger partial charge is 0.310 e. The van der Waals surface area contributed by atoms with Crippen LogP contribution in [0.2, 0.25) is 0 Å². The van der Waals surface area contributed by atoms with Crippen molar-refractivity contribution in [1.82, 2.24) is 0 Å². The lowest BCUT2D eigenvalue weighted by Crippen LogP contribution is -1.99. The lowest BCUT2D eigenvalue weighted by atomic mass is 10.1. The van der Waals surface area contributed by atoms with E-state index in [1.54, 1.807) is 6.26 Å². The molecule has 130 valence electrons. The van der Waals surface area contributed by atoms with Gasteiger partial charge in [-0.15, -0.1) is 0 Å². The van der Waals surface area contributed by atoms with Gasteiger partial charge in [-0.3, -0.25) is 4.79 Å². The lowest BCUT2D eigenvalue weighted by Gasteiger charge is -2.04. The summed E-state index contributed by atoms with van der Waals surface area (Å²) in [5, 5.41) is 0. The molecule has 22 heavy (non-hydrogen) atoms. The highest BCUT2D eigenvalue weighted by Crippen LogP contribution is 2.12. The Morgan fingerprint density at radius 2 is 1.18 bits per heavy atom. The minimum atomic E-state index is -0.0737. The molecule has 0 saturated heterocycles. The van der Waals surface area contributed by atoms with Gasteiger partial charge in [-0.05, 0) is 31.8 Å². The fraction of sp³-hybridized carbons (Fsp3) is 0.850. The number of hydrogen-bond donors (Lipinski definition) is 0. The summed E-state index contributed by atoms with van der Waals surface area (Å²) in [6, 6.07) is 0. The number of esters is 1. The van der Waals surface area contributed by atoms with E-state index in [4.69, 9.17) is 4.74 Å². The zero-order valence-electron chi connectivity index (χ0n) is 15.3. The highest BCUT2D eigenvalue weighted by molar-refractivity contribution is 5.69. The summed E-state index contributed by atoms with van der Waals surface area (Å²) in [5.74, 6) is -0.0737. The van der Waals surface area contributed by atoms with Crippen LogP contribution in [0.5, 0.6) is 0 Å². The maximum absolute atomic E-state index is 11.6. The first-order valence-corrected chi connectivity index (χ1v) is 9.55. The van der Waals surface area contributed by atoms with Crippen LogP contribution in [0.15, 0.2) is 11.8 Å². The van der Waals surface area contributed by atoms with Crippen molar-refractivity contribution < 1.29 is 9.53 Å². The van der Waals surface area contributed by atoms with Crippen molar-refractivity contribution in [1.29, 1.82) is 0 Å². The van der Waals surface area contributed by atoms with Crippen LogP contribution in [0.3, 0.4) is 0 Å². The van der Waals surface area contributed by atoms with Gasteiger partial charge in [0.1, 0.15) is 0 Å². The number of carbonyl (C=O) groups is 1. The fourth-order valence-electron chi connectivity index (χ4n) is 2.52. The highest BCUT2D eigenvalue weighted by Gasteiger charge is 2.01. The zero-order valence-corrected chi connectivity index (χ0v) is 15.3. The summed E-state index contributed by atoms with van der Waals surface area (Å²) < 4.78 is 5.22. The van der Waals surface area contributed by atoms with Gasteiger partial charge in [0.25, 0.3) is 0 Å². The van der Waals surface area contributed by atoms with E-state index in [1.807, 2.05) is 0 Å². The average molecular weight is 311 g/mol. The van der Waals surface area contributed by atoms with Gasteiger partial charge in [-0.25, -0.2) is 0 Å². The molecular weight excluding hydrogens is 272 g/mol. The van der Waals surface area contributed by atoms with E-state index >= 15 is 0 Å². The summed E-state index contributed by atoms with van der Waals surface area (Å²) in [7, 11) is 0. The quantitative estimate of drug-likeness (QED) is 0.186. The second kappa shape index (κ2) is 16.6. The van der Waals surface area contributed by atoms with Gasteiger partial charge < -0.3 is 4.74 Å². The number of rotatable bonds is 15. The van der Waals surface area contributed by atoms with E-state index in [-0.39, 0.29) is 5.97 Å². The van der Waals surface area contributed by atoms with Crippen LogP contribution in [0, 0.1) is 0 Å². The van der Waals surface area contributed by atoms with Gasteiger partial charge in [-0.2, -0.15) is 0 Å². The minimum Gasteiger partial charge on any atom is -0.435 e. The number of carbonyl (C=O) groups excluding carboxylic acids is 1. The van der Waals surface area contributed by atoms with Crippen LogP contribution in [0.25, 0.3) is 0 Å². The summed E-state index contributed by atoms with van der Waals surface area (Å²) in [5.41, 5.74) is 1.19. The first kappa shape index (κ1) is 21.2. The van der Waals surface area contributed by atoms with Crippen LogP contribution < -0.4 is 0 Å². The van der Waals surface area contributed by atoms with Crippen molar-refractivity contribution in [3.8, 4) is 0 Å². The molecule has 0 spiro atoms. The molecule has 0 aliphatic rings. The van der Waals surface area contributed by atoms with E-state index in [0.29, 0.717) is 6.42 Å². The Balaban J connectivity index is 3.48. The molecular formula is C20H38O2. The molecule has 2 nitrogen and oxygen atoms in total. The van der Waals surface area contributed by atoms with Crippen molar-refractivity contribution in [3.05, 3.63) is 11.8 Å². The largest absolute Gasteiger partial charge is 0.435 e. The molecule has 0 unspecified atom stereocenters. The molecule has 0 N–H and O–H groups in total. The topological polar surface area (TPSA) is 26.3 Å². The molecule has 0 saturated carbocycles. The third-order valence-electron chi connectivity index (χ3n) is 4.05. The molecule has 0 amide bonds. The summed E-state index contributed by atoms with van der Waals surface area (Å²) in [6.07, 6.45) is 18.4. The van der Waals surface area contributed by atoms with Crippen LogP contribution in [0.1, 0.15) is 111 Å². The maximum atomic E-state index is 11.6. The predicted octanol–water partition coefficient (Wildman–Crippen LogP) is 6.93. The standard InChI is InChI=1S/C20H38O2/c1-4-6-8-10-11-13-14-16-19(3)18-22-20(21)17-15-12-9-7-5-2/h18H,4-17H2,1-3H3. The van der Waals surface area contributed by atoms with Crippen LogP contribution >= 0.6 is 0 Å². The molecule has 0 aromatic heterocycles. The maximum Gasteiger partial charge on any atom is 0.310 e. The van der Waals surface area contributed by atoms with Crippen molar-refractivity contribution in [3.63, 3.8) is 0 Å². The number of unbranched alkanes of at least 4 members (excludes halogenated alkanes) is 10. The highest BCUT2D eigenvalue weighted by atomic mass is 16.5. The van der Waals surface area contributed by atoms with Gasteiger partial charge in [0.15, 0.2) is 0 Å². The number of allylic oxidation sites excluding steroid dienone is 1. The average Bonchev–Trinajstić information content (AvgIpc) is 2.52. The van der Waals surface area contributed by atoms with E-state index in [1.165, 1.54) is 69.8 Å². The van der Waals surface area contributed by atoms with Crippen molar-refractivity contribution in [2.45, 2.75) is 111 Å². The van der Waals surface area contributed by atoms with Crippen molar-refractivity contribution >= 4 is 5.97 Å². The first-order valence-electron chi connectivity index (χ1n) is 9.55. The Labute approximate surface area is 138 Å². The third kappa shape index (κ3) is 15.6. The molecule has 0 atom stereocenters. The number of ether oxygens (including phenoxy) is 1. The second-order valence-electron chi connectivity index (χ2n) is 6.49. The Hall–Kier alpha value is -0.790. The summed E-state index contributed by atoms with van der Waals surface area (Å²) in [4.78, 5) is 11.6. The van der Waals surface area contributed by atoms with Gasteiger partial charge in [-0.1, -0.05) is 78.1 Å². The Kier molecular flexibility index (Phi) is 16.0. The van der Waals surface area contributed by atoms with Gasteiger partial charge >= 0.3 is 5.97 Å². The van der Waals surface area contributed by atoms with Gasteiger partial charge in [0.2, 0.25) is 0 Å². The Bertz CT molecular complexity index is 281. The normalized spacial score (nSPS) is 11.7. The Morgan fingerprint density at radius 1 is 0.727 bits per heavy atom. The van der Waals surface area contributed by atoms with Crippen LogP contribution in [-0.2, 0) is 9.53 Å². The van der Waals surface area contributed by atoms with Gasteiger partial charge in [0.05, 0.1) is 6.26 Å². The molecule has 0 radical (unpaired) electrons. The fourth-order valence-corrected chi connectivity index (χ4v) is 2.52. The second-order valence-corrected chi connectivity index (χ2v) is 6.49. The summed E-state index contributed by atoms with van der Waals surface area (Å²) >= 11 is 0. The number of hydrogen-bond acceptors (Lipinski definition) is 2. The van der Waals surface area contributed by atoms with E-state index in [0.717, 1.165) is 19.3 Å². The molecule has 2 heteroatoms. The van der Waals surface area contributed by atoms with Crippen molar-refractivity contribution in [2.24, 2.45) is 0 Å². The Morgan fingerprint density at radius 3 is 1.73 bits per heavy atom. The van der Waals surface area contributed by atoms with Gasteiger partial charge in [0, 0.05) is 6.42 Å². The molecule has 0 heterocycles. The van der Waals surface area contributed by atoms with E-state index in [9.17, 15) is 4.79 Å². The van der Waals surface area contributed by atoms with Crippen molar-refractivity contribution in [2.75, 3.05) is 0 Å². The van der Waals surface area contributed by atoms with Crippen LogP contribution in [-0.4, -0.2) is 5.97 Å². The molecule has 0 aromatic rings. The molecule has 0 aliphatic heterocycles. The first-order chi connectivity index (χ1) is 10.7. The SMILES string of the molecule is CCCCCCCCCC(C)=COC(=O)CCCCCCC. The molecule has 0 fully saturated rings. The monoisotopic (exact) mass is 310 g/mol. The molecule has 0 bridgehead atoms. The molecule has 0 aromatic carbocycles. The minimum absolute atomic E-state index is 0.0737. The van der Waals surface area contributed by atoms with Crippen LogP contribution in [0.4, 0.5) is 0 Å². The molecule has 0 rings (SSSR count). The summed E-state index contributed by atoms with van der Waals surface area (Å²) in [6.45, 7) is 6.51. The third-order valence-corrected chi connectivity index (χ3v) is 4.05. The molecule has 0 aliphatic carbocycles. The van der Waals surface area contributed by atoms with E-state index < -0.39 is 0 Å². The predicted molar refractivity (Wildman–Crippen MR) is 95.8 cm³/mol.